The van der Waals surface area contributed by atoms with Gasteiger partial charge in [-0.05, 0) is 57.2 Å². The normalized spacial score (nSPS) is 17.5. The number of amides is 2. The van der Waals surface area contributed by atoms with E-state index in [1.165, 1.54) is 4.90 Å². The van der Waals surface area contributed by atoms with Gasteiger partial charge in [0.15, 0.2) is 6.10 Å². The molecule has 1 aromatic heterocycles. The minimum atomic E-state index is -0.927. The smallest absolute Gasteiger partial charge is 0.408 e. The number of alkyl carbamates (subject to hydrolysis) is 1. The highest BCUT2D eigenvalue weighted by atomic mass is 16.6. The van der Waals surface area contributed by atoms with Crippen LogP contribution in [0.4, 0.5) is 10.5 Å². The number of aromatic nitrogens is 1. The summed E-state index contributed by atoms with van der Waals surface area (Å²) in [6, 6.07) is 21.5. The molecule has 3 aromatic rings. The fraction of sp³-hybridized carbons (Fsp3) is 0.375. The Kier molecular flexibility index (Phi) is 7.70. The van der Waals surface area contributed by atoms with Gasteiger partial charge in [0.2, 0.25) is 5.88 Å². The first kappa shape index (κ1) is 28.1. The summed E-state index contributed by atoms with van der Waals surface area (Å²) in [6.07, 6.45) is 1.38. The molecule has 5 rings (SSSR count). The Morgan fingerprint density at radius 1 is 1.17 bits per heavy atom. The van der Waals surface area contributed by atoms with Crippen molar-refractivity contribution in [1.82, 2.24) is 10.3 Å². The van der Waals surface area contributed by atoms with E-state index in [-0.39, 0.29) is 31.4 Å². The average molecular weight is 555 g/mol. The van der Waals surface area contributed by atoms with Crippen LogP contribution in [-0.4, -0.2) is 46.9 Å². The number of aliphatic hydroxyl groups is 1. The van der Waals surface area contributed by atoms with E-state index in [9.17, 15) is 20.0 Å². The Bertz CT molecular complexity index is 1470. The number of hydrogen-bond acceptors (Lipinski definition) is 7. The van der Waals surface area contributed by atoms with Crippen molar-refractivity contribution in [3.63, 3.8) is 0 Å². The number of anilines is 1. The van der Waals surface area contributed by atoms with Gasteiger partial charge in [-0.3, -0.25) is 9.69 Å². The Hall–Kier alpha value is -4.42. The molecular formula is C32H34N4O5. The Morgan fingerprint density at radius 2 is 1.88 bits per heavy atom. The second-order valence-electron chi connectivity index (χ2n) is 11.4. The van der Waals surface area contributed by atoms with Crippen LogP contribution < -0.4 is 15.0 Å². The first-order valence-electron chi connectivity index (χ1n) is 13.8. The number of aliphatic hydroxyl groups excluding tert-OH is 1. The van der Waals surface area contributed by atoms with E-state index in [2.05, 4.69) is 11.4 Å². The van der Waals surface area contributed by atoms with E-state index in [0.717, 1.165) is 41.5 Å². The van der Waals surface area contributed by atoms with Gasteiger partial charge in [0.1, 0.15) is 17.8 Å². The van der Waals surface area contributed by atoms with Crippen molar-refractivity contribution < 1.29 is 24.2 Å². The molecule has 1 atom stereocenters. The third kappa shape index (κ3) is 5.74. The standard InChI is InChI=1S/C32H34N4O5/c1-31(2,3)41-30(39)35-32(15-7-16-32)23-12-10-22(11-13-23)27-24(21-8-5-4-6-9-21)20-25-28(34-27)40-26(14-19-37)29(38)36(25)18-17-33/h4-6,8-13,20,26,37H,7,14-16,18-19H2,1-3H3,(H,35,39). The second-order valence-corrected chi connectivity index (χ2v) is 11.4. The number of rotatable bonds is 7. The summed E-state index contributed by atoms with van der Waals surface area (Å²) in [5.41, 5.74) is 3.49. The molecule has 2 N–H and O–H groups in total. The molecular weight excluding hydrogens is 520 g/mol. The first-order chi connectivity index (χ1) is 19.6. The Morgan fingerprint density at radius 3 is 2.46 bits per heavy atom. The molecule has 212 valence electrons. The molecule has 2 aliphatic rings. The van der Waals surface area contributed by atoms with E-state index < -0.39 is 23.3 Å². The zero-order valence-electron chi connectivity index (χ0n) is 23.5. The highest BCUT2D eigenvalue weighted by Crippen LogP contribution is 2.44. The van der Waals surface area contributed by atoms with Crippen LogP contribution in [0.2, 0.25) is 0 Å². The fourth-order valence-corrected chi connectivity index (χ4v) is 5.30. The van der Waals surface area contributed by atoms with Gasteiger partial charge in [-0.25, -0.2) is 9.78 Å². The molecule has 0 radical (unpaired) electrons. The number of carbonyl (C=O) groups excluding carboxylic acids is 2. The maximum Gasteiger partial charge on any atom is 0.408 e. The van der Waals surface area contributed by atoms with Crippen LogP contribution >= 0.6 is 0 Å². The topological polar surface area (TPSA) is 125 Å². The highest BCUT2D eigenvalue weighted by Gasteiger charge is 2.41. The van der Waals surface area contributed by atoms with Crippen molar-refractivity contribution >= 4 is 17.7 Å². The maximum absolute atomic E-state index is 13.1. The lowest BCUT2D eigenvalue weighted by Crippen LogP contribution is -2.52. The van der Waals surface area contributed by atoms with E-state index in [1.807, 2.05) is 81.4 Å². The lowest BCUT2D eigenvalue weighted by atomic mass is 9.71. The van der Waals surface area contributed by atoms with Crippen LogP contribution in [0.25, 0.3) is 22.4 Å². The summed E-state index contributed by atoms with van der Waals surface area (Å²) >= 11 is 0. The molecule has 0 spiro atoms. The summed E-state index contributed by atoms with van der Waals surface area (Å²) in [4.78, 5) is 31.9. The lowest BCUT2D eigenvalue weighted by Gasteiger charge is -2.43. The first-order valence-corrected chi connectivity index (χ1v) is 13.8. The Labute approximate surface area is 239 Å². The molecule has 2 aromatic carbocycles. The van der Waals surface area contributed by atoms with Crippen LogP contribution in [0.5, 0.6) is 5.88 Å². The van der Waals surface area contributed by atoms with Gasteiger partial charge in [-0.15, -0.1) is 0 Å². The zero-order chi connectivity index (χ0) is 29.2. The van der Waals surface area contributed by atoms with Crippen molar-refractivity contribution in [2.75, 3.05) is 18.1 Å². The quantitative estimate of drug-likeness (QED) is 0.379. The lowest BCUT2D eigenvalue weighted by molar-refractivity contribution is -0.127. The summed E-state index contributed by atoms with van der Waals surface area (Å²) < 4.78 is 11.5. The van der Waals surface area contributed by atoms with Crippen LogP contribution in [0.15, 0.2) is 60.7 Å². The maximum atomic E-state index is 13.1. The Balaban J connectivity index is 1.55. The molecule has 1 aliphatic carbocycles. The molecule has 1 aliphatic heterocycles. The average Bonchev–Trinajstić information content (AvgIpc) is 2.92. The van der Waals surface area contributed by atoms with Crippen molar-refractivity contribution in [3.05, 3.63) is 66.2 Å². The second kappa shape index (κ2) is 11.2. The number of benzene rings is 2. The molecule has 2 amide bonds. The van der Waals surface area contributed by atoms with Gasteiger partial charge in [0, 0.05) is 24.2 Å². The number of nitrogens with one attached hydrogen (secondary N) is 1. The largest absolute Gasteiger partial charge is 0.463 e. The van der Waals surface area contributed by atoms with Gasteiger partial charge in [0.25, 0.3) is 5.91 Å². The van der Waals surface area contributed by atoms with Crippen LogP contribution in [0.1, 0.15) is 52.0 Å². The molecule has 41 heavy (non-hydrogen) atoms. The van der Waals surface area contributed by atoms with Crippen molar-refractivity contribution in [2.24, 2.45) is 0 Å². The number of fused-ring (bicyclic) bond motifs is 1. The van der Waals surface area contributed by atoms with Crippen molar-refractivity contribution in [2.45, 2.75) is 63.7 Å². The van der Waals surface area contributed by atoms with Crippen LogP contribution in [0.3, 0.4) is 0 Å². The van der Waals surface area contributed by atoms with Gasteiger partial charge < -0.3 is 19.9 Å². The third-order valence-electron chi connectivity index (χ3n) is 7.42. The molecule has 1 saturated carbocycles. The van der Waals surface area contributed by atoms with E-state index in [1.54, 1.807) is 0 Å². The monoisotopic (exact) mass is 554 g/mol. The third-order valence-corrected chi connectivity index (χ3v) is 7.42. The van der Waals surface area contributed by atoms with Gasteiger partial charge in [-0.2, -0.15) is 5.26 Å². The number of nitrogens with zero attached hydrogens (tertiary/aromatic N) is 3. The minimum absolute atomic E-state index is 0.0963. The number of carbonyl (C=O) groups is 2. The van der Waals surface area contributed by atoms with Gasteiger partial charge in [-0.1, -0.05) is 54.6 Å². The summed E-state index contributed by atoms with van der Waals surface area (Å²) in [7, 11) is 0. The van der Waals surface area contributed by atoms with Crippen LogP contribution in [0, 0.1) is 11.3 Å². The molecule has 0 bridgehead atoms. The summed E-state index contributed by atoms with van der Waals surface area (Å²) in [6.45, 7) is 5.14. The molecule has 9 nitrogen and oxygen atoms in total. The van der Waals surface area contributed by atoms with Gasteiger partial charge in [0.05, 0.1) is 17.3 Å². The van der Waals surface area contributed by atoms with Gasteiger partial charge >= 0.3 is 6.09 Å². The SMILES string of the molecule is CC(C)(C)OC(=O)NC1(c2ccc(-c3nc4c(cc3-c3ccccc3)N(CC#N)C(=O)C(CCO)O4)cc2)CCC1. The molecule has 1 unspecified atom stereocenters. The van der Waals surface area contributed by atoms with Crippen molar-refractivity contribution in [3.8, 4) is 34.3 Å². The predicted octanol–water partition coefficient (Wildman–Crippen LogP) is 5.32. The summed E-state index contributed by atoms with van der Waals surface area (Å²) in [5, 5.41) is 22.0. The predicted molar refractivity (Wildman–Crippen MR) is 154 cm³/mol. The van der Waals surface area contributed by atoms with E-state index >= 15 is 0 Å². The fourth-order valence-electron chi connectivity index (χ4n) is 5.30. The summed E-state index contributed by atoms with van der Waals surface area (Å²) in [5.74, 6) is -0.145. The zero-order valence-corrected chi connectivity index (χ0v) is 23.5. The van der Waals surface area contributed by atoms with Crippen molar-refractivity contribution in [1.29, 1.82) is 5.26 Å². The van der Waals surface area contributed by atoms with Crippen LogP contribution in [-0.2, 0) is 15.1 Å². The highest BCUT2D eigenvalue weighted by molar-refractivity contribution is 6.01. The number of hydrogen-bond donors (Lipinski definition) is 2. The number of nitriles is 1. The molecule has 9 heteroatoms. The van der Waals surface area contributed by atoms with E-state index in [4.69, 9.17) is 14.5 Å². The number of ether oxygens (including phenoxy) is 2. The number of pyridine rings is 1. The van der Waals surface area contributed by atoms with E-state index in [0.29, 0.717) is 11.4 Å². The molecule has 1 fully saturated rings. The minimum Gasteiger partial charge on any atom is -0.463 e. The molecule has 2 heterocycles. The molecule has 0 saturated heterocycles.